The number of hydrazine groups is 1. The van der Waals surface area contributed by atoms with Gasteiger partial charge in [-0.2, -0.15) is 9.78 Å². The van der Waals surface area contributed by atoms with Crippen LogP contribution in [0.2, 0.25) is 0 Å². The molecule has 0 atom stereocenters. The van der Waals surface area contributed by atoms with Gasteiger partial charge < -0.3 is 5.84 Å². The molecule has 2 heterocycles. The molecule has 2 aromatic rings. The van der Waals surface area contributed by atoms with Crippen LogP contribution in [-0.2, 0) is 0 Å². The van der Waals surface area contributed by atoms with Gasteiger partial charge in [-0.25, -0.2) is 10.8 Å². The van der Waals surface area contributed by atoms with Crippen LogP contribution in [-0.4, -0.2) is 38.7 Å². The largest absolute Gasteiger partial charge is 0.320 e. The standard InChI is InChI=1S/C13H15BrN8O2/c1-7-5-9(11(23)18-13(19-15)21(2)16)12(24)22(20-7)10-4-3-8(14)6-17-10/h3-6H,15-16H2,1-2H3,(H,18,19,23). The summed E-state index contributed by atoms with van der Waals surface area (Å²) in [4.78, 5) is 29.0. The summed E-state index contributed by atoms with van der Waals surface area (Å²) in [6.45, 7) is 1.65. The summed E-state index contributed by atoms with van der Waals surface area (Å²) in [6, 6.07) is 4.67. The highest BCUT2D eigenvalue weighted by molar-refractivity contribution is 9.10. The number of aromatic nitrogens is 3. The van der Waals surface area contributed by atoms with Crippen molar-refractivity contribution in [2.24, 2.45) is 16.8 Å². The molecule has 126 valence electrons. The molecule has 0 aliphatic rings. The van der Waals surface area contributed by atoms with E-state index in [1.54, 1.807) is 19.1 Å². The molecular formula is C13H15BrN8O2. The Morgan fingerprint density at radius 1 is 1.46 bits per heavy atom. The Bertz CT molecular complexity index is 844. The van der Waals surface area contributed by atoms with Crippen molar-refractivity contribution in [1.82, 2.24) is 25.1 Å². The van der Waals surface area contributed by atoms with E-state index >= 15 is 0 Å². The summed E-state index contributed by atoms with van der Waals surface area (Å²) in [5, 5.41) is 10.8. The van der Waals surface area contributed by atoms with Crippen LogP contribution in [0.1, 0.15) is 16.1 Å². The summed E-state index contributed by atoms with van der Waals surface area (Å²) in [5.74, 6) is 10.1. The molecule has 0 fully saturated rings. The first-order valence-corrected chi connectivity index (χ1v) is 7.43. The molecule has 0 radical (unpaired) electrons. The first-order valence-electron chi connectivity index (χ1n) is 6.64. The molecule has 0 aliphatic heterocycles. The number of hydrazone groups is 1. The summed E-state index contributed by atoms with van der Waals surface area (Å²) >= 11 is 3.26. The molecule has 0 aliphatic carbocycles. The van der Waals surface area contributed by atoms with Crippen LogP contribution in [0, 0.1) is 6.92 Å². The topological polar surface area (TPSA) is 145 Å². The Labute approximate surface area is 145 Å². The van der Waals surface area contributed by atoms with Crippen molar-refractivity contribution >= 4 is 27.8 Å². The quantitative estimate of drug-likeness (QED) is 0.268. The number of carbonyl (C=O) groups is 1. The summed E-state index contributed by atoms with van der Waals surface area (Å²) in [6.07, 6.45) is 1.52. The molecule has 0 saturated carbocycles. The minimum Gasteiger partial charge on any atom is -0.320 e. The Hall–Kier alpha value is -2.79. The monoisotopic (exact) mass is 394 g/mol. The van der Waals surface area contributed by atoms with Gasteiger partial charge >= 0.3 is 0 Å². The molecule has 0 spiro atoms. The average molecular weight is 395 g/mol. The highest BCUT2D eigenvalue weighted by Crippen LogP contribution is 2.09. The van der Waals surface area contributed by atoms with Gasteiger partial charge in [0.15, 0.2) is 5.82 Å². The van der Waals surface area contributed by atoms with Gasteiger partial charge in [0.2, 0.25) is 5.96 Å². The average Bonchev–Trinajstić information content (AvgIpc) is 2.54. The Morgan fingerprint density at radius 2 is 2.17 bits per heavy atom. The fourth-order valence-corrected chi connectivity index (χ4v) is 2.04. The zero-order chi connectivity index (χ0) is 17.9. The van der Waals surface area contributed by atoms with Crippen LogP contribution in [0.15, 0.2) is 38.8 Å². The predicted octanol–water partition coefficient (Wildman–Crippen LogP) is -0.537. The molecule has 11 heteroatoms. The van der Waals surface area contributed by atoms with E-state index in [1.807, 2.05) is 0 Å². The van der Waals surface area contributed by atoms with E-state index in [0.29, 0.717) is 5.69 Å². The van der Waals surface area contributed by atoms with Crippen molar-refractivity contribution in [2.75, 3.05) is 7.05 Å². The lowest BCUT2D eigenvalue weighted by Gasteiger charge is -2.15. The number of aryl methyl sites for hydroxylation is 1. The number of carbonyl (C=O) groups excluding carboxylic acids is 1. The molecule has 2 aromatic heterocycles. The number of nitrogens with zero attached hydrogens (tertiary/aromatic N) is 5. The SMILES string of the molecule is Cc1cc(C(=O)N/C(=N/N)N(C)N)c(=O)n(-c2ccc(Br)cn2)n1. The first kappa shape index (κ1) is 17.6. The van der Waals surface area contributed by atoms with Crippen LogP contribution in [0.25, 0.3) is 5.82 Å². The van der Waals surface area contributed by atoms with Crippen molar-refractivity contribution in [3.63, 3.8) is 0 Å². The number of pyridine rings is 1. The highest BCUT2D eigenvalue weighted by atomic mass is 79.9. The predicted molar refractivity (Wildman–Crippen MR) is 91.1 cm³/mol. The second-order valence-corrected chi connectivity index (χ2v) is 5.68. The van der Waals surface area contributed by atoms with Crippen LogP contribution in [0.3, 0.4) is 0 Å². The van der Waals surface area contributed by atoms with E-state index in [4.69, 9.17) is 11.7 Å². The van der Waals surface area contributed by atoms with Gasteiger partial charge in [0.25, 0.3) is 11.5 Å². The lowest BCUT2D eigenvalue weighted by molar-refractivity contribution is 0.0970. The Morgan fingerprint density at radius 3 is 2.71 bits per heavy atom. The number of hydrogen-bond acceptors (Lipinski definition) is 7. The molecule has 10 nitrogen and oxygen atoms in total. The van der Waals surface area contributed by atoms with Gasteiger partial charge in [-0.15, -0.1) is 5.10 Å². The highest BCUT2D eigenvalue weighted by Gasteiger charge is 2.18. The molecule has 1 amide bonds. The number of hydrogen-bond donors (Lipinski definition) is 3. The number of rotatable bonds is 2. The maximum atomic E-state index is 12.6. The summed E-state index contributed by atoms with van der Waals surface area (Å²) in [7, 11) is 1.44. The van der Waals surface area contributed by atoms with Gasteiger partial charge in [-0.05, 0) is 41.1 Å². The molecule has 24 heavy (non-hydrogen) atoms. The molecule has 0 unspecified atom stereocenters. The van der Waals surface area contributed by atoms with Crippen LogP contribution in [0.4, 0.5) is 0 Å². The van der Waals surface area contributed by atoms with Crippen molar-refractivity contribution in [1.29, 1.82) is 0 Å². The van der Waals surface area contributed by atoms with Gasteiger partial charge in [-0.3, -0.25) is 19.9 Å². The second kappa shape index (κ2) is 7.19. The van der Waals surface area contributed by atoms with E-state index in [1.165, 1.54) is 19.3 Å². The van der Waals surface area contributed by atoms with Crippen LogP contribution >= 0.6 is 15.9 Å². The Kier molecular flexibility index (Phi) is 5.26. The fraction of sp³-hybridized carbons (Fsp3) is 0.154. The molecule has 5 N–H and O–H groups in total. The van der Waals surface area contributed by atoms with Crippen molar-refractivity contribution in [2.45, 2.75) is 6.92 Å². The van der Waals surface area contributed by atoms with Crippen molar-refractivity contribution in [3.8, 4) is 5.82 Å². The minimum absolute atomic E-state index is 0.0952. The Balaban J connectivity index is 2.47. The third kappa shape index (κ3) is 3.75. The van der Waals surface area contributed by atoms with E-state index in [2.05, 4.69) is 36.4 Å². The van der Waals surface area contributed by atoms with Crippen LogP contribution in [0.5, 0.6) is 0 Å². The summed E-state index contributed by atoms with van der Waals surface area (Å²) < 4.78 is 1.79. The van der Waals surface area contributed by atoms with E-state index < -0.39 is 11.5 Å². The molecule has 0 saturated heterocycles. The fourth-order valence-electron chi connectivity index (χ4n) is 1.81. The van der Waals surface area contributed by atoms with Gasteiger partial charge in [0.05, 0.1) is 5.69 Å². The normalized spacial score (nSPS) is 11.2. The number of nitrogens with one attached hydrogen (secondary N) is 1. The maximum Gasteiger partial charge on any atom is 0.285 e. The molecular weight excluding hydrogens is 380 g/mol. The summed E-state index contributed by atoms with van der Waals surface area (Å²) in [5.41, 5.74) is -0.323. The number of halogens is 1. The lowest BCUT2D eigenvalue weighted by atomic mass is 10.2. The minimum atomic E-state index is -0.710. The zero-order valence-electron chi connectivity index (χ0n) is 12.9. The van der Waals surface area contributed by atoms with Crippen molar-refractivity contribution in [3.05, 3.63) is 50.5 Å². The smallest absolute Gasteiger partial charge is 0.285 e. The lowest BCUT2D eigenvalue weighted by Crippen LogP contribution is -2.47. The number of nitrogens with two attached hydrogens (primary N) is 2. The van der Waals surface area contributed by atoms with Gasteiger partial charge in [-0.1, -0.05) is 0 Å². The van der Waals surface area contributed by atoms with Gasteiger partial charge in [0.1, 0.15) is 5.56 Å². The molecule has 0 bridgehead atoms. The van der Waals surface area contributed by atoms with E-state index in [9.17, 15) is 9.59 Å². The first-order chi connectivity index (χ1) is 11.3. The molecule has 0 aromatic carbocycles. The van der Waals surface area contributed by atoms with Gasteiger partial charge in [0, 0.05) is 17.7 Å². The van der Waals surface area contributed by atoms with Crippen molar-refractivity contribution < 1.29 is 4.79 Å². The van der Waals surface area contributed by atoms with E-state index in [0.717, 1.165) is 14.2 Å². The van der Waals surface area contributed by atoms with Crippen LogP contribution < -0.4 is 22.6 Å². The third-order valence-electron chi connectivity index (χ3n) is 2.89. The number of amides is 1. The van der Waals surface area contributed by atoms with E-state index in [-0.39, 0.29) is 17.3 Å². The number of guanidine groups is 1. The second-order valence-electron chi connectivity index (χ2n) is 4.77. The maximum absolute atomic E-state index is 12.6. The third-order valence-corrected chi connectivity index (χ3v) is 3.36. The zero-order valence-corrected chi connectivity index (χ0v) is 14.5. The molecule has 2 rings (SSSR count).